The molecule has 0 saturated carbocycles. The molecule has 56 valence electrons. The molecular weight excluding hydrogens is 196 g/mol. The molecule has 3 nitrogen and oxygen atoms in total. The molecular formula is C6H9BrN2O. The molecule has 0 aliphatic heterocycles. The Labute approximate surface area is 67.8 Å². The van der Waals surface area contributed by atoms with Crippen LogP contribution in [0.4, 0.5) is 0 Å². The zero-order chi connectivity index (χ0) is 7.56. The van der Waals surface area contributed by atoms with Crippen LogP contribution in [0.25, 0.3) is 0 Å². The van der Waals surface area contributed by atoms with Crippen molar-refractivity contribution in [1.82, 2.24) is 9.78 Å². The summed E-state index contributed by atoms with van der Waals surface area (Å²) in [5.41, 5.74) is 0. The van der Waals surface area contributed by atoms with Crippen molar-refractivity contribution in [3.05, 3.63) is 16.9 Å². The van der Waals surface area contributed by atoms with Crippen LogP contribution >= 0.6 is 15.9 Å². The first-order valence-electron chi connectivity index (χ1n) is 3.05. The molecule has 1 rings (SSSR count). The molecule has 0 aliphatic rings. The van der Waals surface area contributed by atoms with Crippen LogP contribution in [0, 0.1) is 0 Å². The van der Waals surface area contributed by atoms with Gasteiger partial charge in [0.15, 0.2) is 0 Å². The molecule has 0 radical (unpaired) electrons. The van der Waals surface area contributed by atoms with E-state index in [0.29, 0.717) is 6.54 Å². The highest BCUT2D eigenvalue weighted by Gasteiger charge is 1.98. The van der Waals surface area contributed by atoms with E-state index in [1.807, 2.05) is 12.3 Å². The molecule has 0 aliphatic carbocycles. The summed E-state index contributed by atoms with van der Waals surface area (Å²) in [6.45, 7) is 2.28. The van der Waals surface area contributed by atoms with E-state index >= 15 is 0 Å². The Hall–Kier alpha value is -0.350. The number of hydrogen-bond donors (Lipinski definition) is 1. The smallest absolute Gasteiger partial charge is 0.128 e. The van der Waals surface area contributed by atoms with Crippen molar-refractivity contribution in [3.63, 3.8) is 0 Å². The SMILES string of the molecule is CC(O)Cn1ccc(Br)n1. The summed E-state index contributed by atoms with van der Waals surface area (Å²) in [5.74, 6) is 0. The van der Waals surface area contributed by atoms with E-state index in [1.54, 1.807) is 11.6 Å². The van der Waals surface area contributed by atoms with Crippen LogP contribution in [-0.2, 0) is 6.54 Å². The van der Waals surface area contributed by atoms with Crippen molar-refractivity contribution < 1.29 is 5.11 Å². The number of aliphatic hydroxyl groups excluding tert-OH is 1. The molecule has 0 bridgehead atoms. The molecule has 1 aromatic heterocycles. The van der Waals surface area contributed by atoms with E-state index < -0.39 is 0 Å². The average Bonchev–Trinajstić information content (AvgIpc) is 2.13. The van der Waals surface area contributed by atoms with Crippen LogP contribution in [0.2, 0.25) is 0 Å². The molecule has 10 heavy (non-hydrogen) atoms. The molecule has 1 unspecified atom stereocenters. The lowest BCUT2D eigenvalue weighted by Gasteiger charge is -2.02. The fourth-order valence-corrected chi connectivity index (χ4v) is 1.03. The highest BCUT2D eigenvalue weighted by atomic mass is 79.9. The van der Waals surface area contributed by atoms with Gasteiger partial charge < -0.3 is 5.11 Å². The van der Waals surface area contributed by atoms with Crippen molar-refractivity contribution in [3.8, 4) is 0 Å². The first-order chi connectivity index (χ1) is 4.68. The van der Waals surface area contributed by atoms with Crippen molar-refractivity contribution in [1.29, 1.82) is 0 Å². The molecule has 0 saturated heterocycles. The summed E-state index contributed by atoms with van der Waals surface area (Å²) in [6.07, 6.45) is 1.48. The minimum Gasteiger partial charge on any atom is -0.391 e. The van der Waals surface area contributed by atoms with Gasteiger partial charge in [0.05, 0.1) is 12.6 Å². The Balaban J connectivity index is 2.58. The summed E-state index contributed by atoms with van der Waals surface area (Å²) < 4.78 is 2.49. The largest absolute Gasteiger partial charge is 0.391 e. The second kappa shape index (κ2) is 3.16. The summed E-state index contributed by atoms with van der Waals surface area (Å²) in [4.78, 5) is 0. The van der Waals surface area contributed by atoms with Crippen molar-refractivity contribution >= 4 is 15.9 Å². The van der Waals surface area contributed by atoms with Crippen LogP contribution < -0.4 is 0 Å². The van der Waals surface area contributed by atoms with Gasteiger partial charge in [-0.1, -0.05) is 0 Å². The lowest BCUT2D eigenvalue weighted by Crippen LogP contribution is -2.11. The Morgan fingerprint density at radius 2 is 2.60 bits per heavy atom. The Bertz CT molecular complexity index is 209. The second-order valence-electron chi connectivity index (χ2n) is 2.21. The van der Waals surface area contributed by atoms with Gasteiger partial charge in [0.1, 0.15) is 4.60 Å². The molecule has 0 spiro atoms. The van der Waals surface area contributed by atoms with Gasteiger partial charge in [-0.3, -0.25) is 4.68 Å². The fourth-order valence-electron chi connectivity index (χ4n) is 0.709. The number of aromatic nitrogens is 2. The molecule has 0 fully saturated rings. The van der Waals surface area contributed by atoms with Gasteiger partial charge in [0.25, 0.3) is 0 Å². The van der Waals surface area contributed by atoms with E-state index in [9.17, 15) is 0 Å². The Morgan fingerprint density at radius 3 is 3.00 bits per heavy atom. The van der Waals surface area contributed by atoms with Gasteiger partial charge >= 0.3 is 0 Å². The molecule has 1 heterocycles. The number of hydrogen-bond acceptors (Lipinski definition) is 2. The minimum atomic E-state index is -0.341. The lowest BCUT2D eigenvalue weighted by molar-refractivity contribution is 0.168. The Kier molecular flexibility index (Phi) is 2.45. The highest BCUT2D eigenvalue weighted by Crippen LogP contribution is 2.03. The van der Waals surface area contributed by atoms with E-state index in [-0.39, 0.29) is 6.10 Å². The van der Waals surface area contributed by atoms with Gasteiger partial charge in [-0.15, -0.1) is 0 Å². The first kappa shape index (κ1) is 7.75. The van der Waals surface area contributed by atoms with Crippen LogP contribution in [0.1, 0.15) is 6.92 Å². The van der Waals surface area contributed by atoms with Crippen LogP contribution in [-0.4, -0.2) is 21.0 Å². The summed E-state index contributed by atoms with van der Waals surface area (Å²) >= 11 is 3.21. The molecule has 1 N–H and O–H groups in total. The van der Waals surface area contributed by atoms with Gasteiger partial charge in [-0.2, -0.15) is 5.10 Å². The topological polar surface area (TPSA) is 38.0 Å². The zero-order valence-electron chi connectivity index (χ0n) is 5.66. The third-order valence-corrected chi connectivity index (χ3v) is 1.48. The van der Waals surface area contributed by atoms with E-state index in [0.717, 1.165) is 4.60 Å². The highest BCUT2D eigenvalue weighted by molar-refractivity contribution is 9.10. The standard InChI is InChI=1S/C6H9BrN2O/c1-5(10)4-9-3-2-6(7)8-9/h2-3,5,10H,4H2,1H3. The number of nitrogens with zero attached hydrogens (tertiary/aromatic N) is 2. The molecule has 0 aromatic carbocycles. The molecule has 0 amide bonds. The van der Waals surface area contributed by atoms with E-state index in [1.165, 1.54) is 0 Å². The maximum Gasteiger partial charge on any atom is 0.128 e. The Morgan fingerprint density at radius 1 is 1.90 bits per heavy atom. The zero-order valence-corrected chi connectivity index (χ0v) is 7.24. The van der Waals surface area contributed by atoms with Crippen LogP contribution in [0.15, 0.2) is 16.9 Å². The predicted molar refractivity (Wildman–Crippen MR) is 41.6 cm³/mol. The summed E-state index contributed by atoms with van der Waals surface area (Å²) in [7, 11) is 0. The maximum atomic E-state index is 8.94. The maximum absolute atomic E-state index is 8.94. The second-order valence-corrected chi connectivity index (χ2v) is 3.02. The average molecular weight is 205 g/mol. The molecule has 1 atom stereocenters. The summed E-state index contributed by atoms with van der Waals surface area (Å²) in [6, 6.07) is 1.84. The predicted octanol–water partition coefficient (Wildman–Crippen LogP) is 1.03. The van der Waals surface area contributed by atoms with E-state index in [4.69, 9.17) is 5.11 Å². The normalized spacial score (nSPS) is 13.5. The van der Waals surface area contributed by atoms with E-state index in [2.05, 4.69) is 21.0 Å². The van der Waals surface area contributed by atoms with Crippen molar-refractivity contribution in [2.24, 2.45) is 0 Å². The van der Waals surface area contributed by atoms with Crippen molar-refractivity contribution in [2.75, 3.05) is 0 Å². The fraction of sp³-hybridized carbons (Fsp3) is 0.500. The molecule has 4 heteroatoms. The number of halogens is 1. The third-order valence-electron chi connectivity index (χ3n) is 1.06. The lowest BCUT2D eigenvalue weighted by atomic mass is 10.4. The monoisotopic (exact) mass is 204 g/mol. The number of aliphatic hydroxyl groups is 1. The summed E-state index contributed by atoms with van der Waals surface area (Å²) in [5, 5.41) is 13.0. The van der Waals surface area contributed by atoms with Gasteiger partial charge in [0.2, 0.25) is 0 Å². The van der Waals surface area contributed by atoms with Crippen molar-refractivity contribution in [2.45, 2.75) is 19.6 Å². The number of rotatable bonds is 2. The third kappa shape index (κ3) is 2.11. The quantitative estimate of drug-likeness (QED) is 0.782. The first-order valence-corrected chi connectivity index (χ1v) is 3.85. The van der Waals surface area contributed by atoms with Gasteiger partial charge in [0, 0.05) is 6.20 Å². The van der Waals surface area contributed by atoms with Gasteiger partial charge in [-0.05, 0) is 28.9 Å². The van der Waals surface area contributed by atoms with Crippen LogP contribution in [0.5, 0.6) is 0 Å². The minimum absolute atomic E-state index is 0.341. The van der Waals surface area contributed by atoms with Gasteiger partial charge in [-0.25, -0.2) is 0 Å². The van der Waals surface area contributed by atoms with Crippen LogP contribution in [0.3, 0.4) is 0 Å². The molecule has 1 aromatic rings.